The van der Waals surface area contributed by atoms with Crippen LogP contribution in [0.15, 0.2) is 36.7 Å². The van der Waals surface area contributed by atoms with Gasteiger partial charge in [0.2, 0.25) is 0 Å². The second kappa shape index (κ2) is 4.85. The highest BCUT2D eigenvalue weighted by Crippen LogP contribution is 2.20. The number of nitrogens with zero attached hydrogens (tertiary/aromatic N) is 1. The van der Waals surface area contributed by atoms with Gasteiger partial charge < -0.3 is 15.7 Å². The van der Waals surface area contributed by atoms with E-state index in [2.05, 4.69) is 21.7 Å². The zero-order chi connectivity index (χ0) is 13.2. The minimum Gasteiger partial charge on any atom is -0.480 e. The van der Waals surface area contributed by atoms with Gasteiger partial charge in [0.1, 0.15) is 6.04 Å². The van der Waals surface area contributed by atoms with E-state index in [1.807, 2.05) is 24.4 Å². The Labute approximate surface area is 110 Å². The number of hydrogen-bond donors (Lipinski definition) is 3. The quantitative estimate of drug-likeness (QED) is 0.776. The summed E-state index contributed by atoms with van der Waals surface area (Å²) in [6, 6.07) is 7.75. The lowest BCUT2D eigenvalue weighted by molar-refractivity contribution is -0.139. The number of anilines is 1. The fraction of sp³-hybridized carbons (Fsp3) is 0.286. The van der Waals surface area contributed by atoms with E-state index >= 15 is 0 Å². The van der Waals surface area contributed by atoms with Gasteiger partial charge >= 0.3 is 5.97 Å². The van der Waals surface area contributed by atoms with Gasteiger partial charge in [0.25, 0.3) is 0 Å². The highest BCUT2D eigenvalue weighted by Gasteiger charge is 2.28. The summed E-state index contributed by atoms with van der Waals surface area (Å²) in [7, 11) is 0. The Balaban J connectivity index is 1.73. The van der Waals surface area contributed by atoms with E-state index in [0.717, 1.165) is 16.5 Å². The summed E-state index contributed by atoms with van der Waals surface area (Å²) in [4.78, 5) is 15.0. The average Bonchev–Trinajstić information content (AvgIpc) is 2.87. The first-order valence-corrected chi connectivity index (χ1v) is 6.29. The fourth-order valence-corrected chi connectivity index (χ4v) is 2.44. The number of rotatable bonds is 3. The number of aromatic nitrogens is 1. The number of pyridine rings is 1. The Bertz CT molecular complexity index is 614. The SMILES string of the molecule is O=C(O)[C@@H]1C[C@@H](Nc2ccc3cnccc3c2)CN1. The third-order valence-electron chi connectivity index (χ3n) is 3.44. The molecule has 1 aliphatic heterocycles. The van der Waals surface area contributed by atoms with Crippen LogP contribution in [0.3, 0.4) is 0 Å². The van der Waals surface area contributed by atoms with Gasteiger partial charge in [-0.2, -0.15) is 0 Å². The van der Waals surface area contributed by atoms with Crippen molar-refractivity contribution in [1.29, 1.82) is 0 Å². The van der Waals surface area contributed by atoms with Crippen molar-refractivity contribution in [3.63, 3.8) is 0 Å². The van der Waals surface area contributed by atoms with Crippen molar-refractivity contribution in [2.24, 2.45) is 0 Å². The number of aliphatic carboxylic acids is 1. The van der Waals surface area contributed by atoms with E-state index in [1.54, 1.807) is 6.20 Å². The molecule has 98 valence electrons. The van der Waals surface area contributed by atoms with Crippen LogP contribution in [0.4, 0.5) is 5.69 Å². The Morgan fingerprint density at radius 3 is 3.05 bits per heavy atom. The molecule has 0 amide bonds. The van der Waals surface area contributed by atoms with Crippen molar-refractivity contribution in [3.05, 3.63) is 36.7 Å². The van der Waals surface area contributed by atoms with Crippen LogP contribution in [0.1, 0.15) is 6.42 Å². The normalized spacial score (nSPS) is 22.5. The van der Waals surface area contributed by atoms with Crippen molar-refractivity contribution in [3.8, 4) is 0 Å². The smallest absolute Gasteiger partial charge is 0.320 e. The standard InChI is InChI=1S/C14H15N3O2/c18-14(19)13-6-12(8-16-13)17-11-2-1-10-7-15-4-3-9(10)5-11/h1-5,7,12-13,16-17H,6,8H2,(H,18,19)/t12-,13+/m1/s1. The van der Waals surface area contributed by atoms with E-state index in [-0.39, 0.29) is 6.04 Å². The molecular formula is C14H15N3O2. The molecule has 3 rings (SSSR count). The molecule has 19 heavy (non-hydrogen) atoms. The number of benzene rings is 1. The molecule has 0 aliphatic carbocycles. The zero-order valence-corrected chi connectivity index (χ0v) is 10.3. The van der Waals surface area contributed by atoms with Gasteiger partial charge in [0, 0.05) is 36.1 Å². The van der Waals surface area contributed by atoms with Crippen molar-refractivity contribution >= 4 is 22.4 Å². The van der Waals surface area contributed by atoms with E-state index in [4.69, 9.17) is 5.11 Å². The third-order valence-corrected chi connectivity index (χ3v) is 3.44. The molecule has 2 heterocycles. The molecule has 3 N–H and O–H groups in total. The molecule has 0 saturated carbocycles. The number of nitrogens with one attached hydrogen (secondary N) is 2. The number of hydrogen-bond acceptors (Lipinski definition) is 4. The number of fused-ring (bicyclic) bond motifs is 1. The van der Waals surface area contributed by atoms with Gasteiger partial charge in [0.15, 0.2) is 0 Å². The van der Waals surface area contributed by atoms with Crippen LogP contribution in [-0.2, 0) is 4.79 Å². The van der Waals surface area contributed by atoms with E-state index < -0.39 is 12.0 Å². The minimum absolute atomic E-state index is 0.153. The molecule has 5 nitrogen and oxygen atoms in total. The average molecular weight is 257 g/mol. The van der Waals surface area contributed by atoms with Crippen LogP contribution in [0.5, 0.6) is 0 Å². The first kappa shape index (κ1) is 11.9. The van der Waals surface area contributed by atoms with E-state index in [1.165, 1.54) is 0 Å². The largest absolute Gasteiger partial charge is 0.480 e. The lowest BCUT2D eigenvalue weighted by Crippen LogP contribution is -2.30. The molecule has 5 heteroatoms. The van der Waals surface area contributed by atoms with Gasteiger partial charge in [-0.1, -0.05) is 6.07 Å². The predicted octanol–water partition coefficient (Wildman–Crippen LogP) is 1.46. The van der Waals surface area contributed by atoms with Crippen molar-refractivity contribution in [2.45, 2.75) is 18.5 Å². The van der Waals surface area contributed by atoms with Crippen molar-refractivity contribution in [1.82, 2.24) is 10.3 Å². The van der Waals surface area contributed by atoms with Crippen LogP contribution >= 0.6 is 0 Å². The molecule has 1 aromatic heterocycles. The summed E-state index contributed by atoms with van der Waals surface area (Å²) < 4.78 is 0. The number of carboxylic acid groups (broad SMARTS) is 1. The molecule has 1 aliphatic rings. The molecule has 0 spiro atoms. The molecular weight excluding hydrogens is 242 g/mol. The molecule has 0 radical (unpaired) electrons. The molecule has 2 aromatic rings. The fourth-order valence-electron chi connectivity index (χ4n) is 2.44. The summed E-state index contributed by atoms with van der Waals surface area (Å²) in [5.41, 5.74) is 1.01. The number of carboxylic acids is 1. The topological polar surface area (TPSA) is 74.2 Å². The zero-order valence-electron chi connectivity index (χ0n) is 10.3. The van der Waals surface area contributed by atoms with Crippen molar-refractivity contribution < 1.29 is 9.90 Å². The van der Waals surface area contributed by atoms with Gasteiger partial charge in [-0.3, -0.25) is 9.78 Å². The van der Waals surface area contributed by atoms with Gasteiger partial charge in [-0.05, 0) is 30.0 Å². The summed E-state index contributed by atoms with van der Waals surface area (Å²) >= 11 is 0. The van der Waals surface area contributed by atoms with Crippen LogP contribution in [-0.4, -0.2) is 34.7 Å². The van der Waals surface area contributed by atoms with Crippen LogP contribution in [0, 0.1) is 0 Å². The molecule has 1 saturated heterocycles. The Kier molecular flexibility index (Phi) is 3.05. The lowest BCUT2D eigenvalue weighted by atomic mass is 10.1. The maximum absolute atomic E-state index is 10.9. The highest BCUT2D eigenvalue weighted by molar-refractivity contribution is 5.84. The molecule has 1 aromatic carbocycles. The second-order valence-corrected chi connectivity index (χ2v) is 4.81. The first-order chi connectivity index (χ1) is 9.22. The maximum atomic E-state index is 10.9. The summed E-state index contributed by atoms with van der Waals surface area (Å²) in [6.45, 7) is 0.672. The van der Waals surface area contributed by atoms with Crippen LogP contribution < -0.4 is 10.6 Å². The first-order valence-electron chi connectivity index (χ1n) is 6.29. The van der Waals surface area contributed by atoms with Gasteiger partial charge in [-0.15, -0.1) is 0 Å². The second-order valence-electron chi connectivity index (χ2n) is 4.81. The minimum atomic E-state index is -0.783. The van der Waals surface area contributed by atoms with Gasteiger partial charge in [0.05, 0.1) is 0 Å². The molecule has 0 unspecified atom stereocenters. The predicted molar refractivity (Wildman–Crippen MR) is 73.2 cm³/mol. The van der Waals surface area contributed by atoms with Crippen molar-refractivity contribution in [2.75, 3.05) is 11.9 Å². The highest BCUT2D eigenvalue weighted by atomic mass is 16.4. The molecule has 2 atom stereocenters. The summed E-state index contributed by atoms with van der Waals surface area (Å²) in [5.74, 6) is -0.783. The monoisotopic (exact) mass is 257 g/mol. The van der Waals surface area contributed by atoms with E-state index in [0.29, 0.717) is 13.0 Å². The van der Waals surface area contributed by atoms with Crippen LogP contribution in [0.2, 0.25) is 0 Å². The molecule has 1 fully saturated rings. The summed E-state index contributed by atoms with van der Waals surface area (Å²) in [5, 5.41) is 17.5. The van der Waals surface area contributed by atoms with Crippen LogP contribution in [0.25, 0.3) is 10.8 Å². The summed E-state index contributed by atoms with van der Waals surface area (Å²) in [6.07, 6.45) is 4.20. The Morgan fingerprint density at radius 2 is 2.26 bits per heavy atom. The van der Waals surface area contributed by atoms with E-state index in [9.17, 15) is 4.79 Å². The lowest BCUT2D eigenvalue weighted by Gasteiger charge is -2.13. The Hall–Kier alpha value is -2.14. The van der Waals surface area contributed by atoms with Gasteiger partial charge in [-0.25, -0.2) is 0 Å². The Morgan fingerprint density at radius 1 is 1.37 bits per heavy atom. The third kappa shape index (κ3) is 2.51. The number of carbonyl (C=O) groups is 1. The maximum Gasteiger partial charge on any atom is 0.320 e. The molecule has 0 bridgehead atoms.